The van der Waals surface area contributed by atoms with Crippen molar-refractivity contribution in [3.63, 3.8) is 0 Å². The second-order valence-electron chi connectivity index (χ2n) is 9.83. The van der Waals surface area contributed by atoms with Crippen molar-refractivity contribution in [2.45, 2.75) is 40.2 Å². The molecule has 2 heterocycles. The fraction of sp³-hybridized carbons (Fsp3) is 0.194. The van der Waals surface area contributed by atoms with Crippen LogP contribution in [-0.2, 0) is 6.61 Å². The van der Waals surface area contributed by atoms with Gasteiger partial charge in [-0.15, -0.1) is 0 Å². The molecule has 0 aliphatic heterocycles. The molecule has 0 aliphatic rings. The van der Waals surface area contributed by atoms with Gasteiger partial charge in [0.1, 0.15) is 18.2 Å². The zero-order valence-electron chi connectivity index (χ0n) is 22.5. The molecule has 2 aromatic heterocycles. The number of fused-ring (bicyclic) bond motifs is 1. The molecule has 204 valence electrons. The van der Waals surface area contributed by atoms with Crippen molar-refractivity contribution in [1.82, 2.24) is 14.2 Å². The number of aryl methyl sites for hydroxylation is 1. The molecule has 0 unspecified atom stereocenters. The summed E-state index contributed by atoms with van der Waals surface area (Å²) in [7, 11) is 0. The van der Waals surface area contributed by atoms with E-state index in [2.05, 4.69) is 31.7 Å². The van der Waals surface area contributed by atoms with Gasteiger partial charge in [-0.25, -0.2) is 4.98 Å². The van der Waals surface area contributed by atoms with E-state index in [4.69, 9.17) is 32.9 Å². The van der Waals surface area contributed by atoms with Crippen molar-refractivity contribution in [2.24, 2.45) is 5.10 Å². The number of nitrogens with zero attached hydrogens (tertiary/aromatic N) is 4. The highest BCUT2D eigenvalue weighted by atomic mass is 79.9. The predicted octanol–water partition coefficient (Wildman–Crippen LogP) is 8.46. The Morgan fingerprint density at radius 1 is 1.02 bits per heavy atom. The van der Waals surface area contributed by atoms with E-state index in [-0.39, 0.29) is 11.5 Å². The first kappa shape index (κ1) is 28.1. The summed E-state index contributed by atoms with van der Waals surface area (Å²) in [5.41, 5.74) is 5.26. The molecule has 5 aromatic rings. The molecule has 0 aliphatic carbocycles. The summed E-state index contributed by atoms with van der Waals surface area (Å²) in [4.78, 5) is 18.1. The molecule has 0 N–H and O–H groups in total. The summed E-state index contributed by atoms with van der Waals surface area (Å²) in [6, 6.07) is 20.8. The second kappa shape index (κ2) is 11.6. The Labute approximate surface area is 251 Å². The van der Waals surface area contributed by atoms with Crippen molar-refractivity contribution in [1.29, 1.82) is 0 Å². The van der Waals surface area contributed by atoms with Crippen LogP contribution in [0.5, 0.6) is 5.75 Å². The van der Waals surface area contributed by atoms with Crippen LogP contribution in [0, 0.1) is 13.8 Å². The first-order chi connectivity index (χ1) is 19.1. The van der Waals surface area contributed by atoms with Gasteiger partial charge in [0.15, 0.2) is 0 Å². The first-order valence-corrected chi connectivity index (χ1v) is 14.3. The largest absolute Gasteiger partial charge is 0.489 e. The average molecular weight is 638 g/mol. The standard InChI is InChI=1S/C31H27BrCl2N4O2/c1-18(2)30-36-29-12-6-23(32)14-27(29)31(39)38(30)35-16-22-13-19(3)37(20(22)4)25-8-10-26(11-9-25)40-17-21-5-7-24(33)15-28(21)34/h5-16,18H,17H2,1-4H3. The molecule has 5 rings (SSSR count). The molecule has 0 amide bonds. The molecule has 0 radical (unpaired) electrons. The fourth-order valence-corrected chi connectivity index (χ4v) is 5.40. The SMILES string of the molecule is Cc1cc(C=Nn2c(C(C)C)nc3ccc(Br)cc3c2=O)c(C)n1-c1ccc(OCc2ccc(Cl)cc2Cl)cc1. The van der Waals surface area contributed by atoms with Crippen LogP contribution in [0.25, 0.3) is 16.6 Å². The predicted molar refractivity (Wildman–Crippen MR) is 167 cm³/mol. The number of aromatic nitrogens is 3. The summed E-state index contributed by atoms with van der Waals surface area (Å²) in [6.45, 7) is 8.42. The molecule has 6 nitrogen and oxygen atoms in total. The van der Waals surface area contributed by atoms with E-state index in [1.54, 1.807) is 24.4 Å². The molecule has 0 fully saturated rings. The quantitative estimate of drug-likeness (QED) is 0.168. The Morgan fingerprint density at radius 2 is 1.77 bits per heavy atom. The summed E-state index contributed by atoms with van der Waals surface area (Å²) < 4.78 is 10.3. The lowest BCUT2D eigenvalue weighted by molar-refractivity contribution is 0.306. The fourth-order valence-electron chi connectivity index (χ4n) is 4.58. The zero-order chi connectivity index (χ0) is 28.6. The Kier molecular flexibility index (Phi) is 8.17. The molecule has 40 heavy (non-hydrogen) atoms. The molecule has 0 atom stereocenters. The van der Waals surface area contributed by atoms with Crippen LogP contribution in [0.4, 0.5) is 0 Å². The molecule has 0 bridgehead atoms. The first-order valence-electron chi connectivity index (χ1n) is 12.7. The third kappa shape index (κ3) is 5.73. The monoisotopic (exact) mass is 636 g/mol. The van der Waals surface area contributed by atoms with E-state index in [1.807, 2.05) is 70.2 Å². The lowest BCUT2D eigenvalue weighted by Crippen LogP contribution is -2.23. The summed E-state index contributed by atoms with van der Waals surface area (Å²) in [5.74, 6) is 1.36. The van der Waals surface area contributed by atoms with Crippen molar-refractivity contribution >= 4 is 56.2 Å². The minimum Gasteiger partial charge on any atom is -0.489 e. The van der Waals surface area contributed by atoms with Gasteiger partial charge in [-0.2, -0.15) is 9.78 Å². The van der Waals surface area contributed by atoms with Gasteiger partial charge in [0.25, 0.3) is 5.56 Å². The second-order valence-corrected chi connectivity index (χ2v) is 11.6. The van der Waals surface area contributed by atoms with Gasteiger partial charge in [-0.1, -0.05) is 59.0 Å². The van der Waals surface area contributed by atoms with E-state index in [0.29, 0.717) is 33.4 Å². The maximum absolute atomic E-state index is 13.4. The highest BCUT2D eigenvalue weighted by molar-refractivity contribution is 9.10. The van der Waals surface area contributed by atoms with Gasteiger partial charge in [-0.05, 0) is 74.5 Å². The molecule has 0 saturated carbocycles. The molecule has 0 spiro atoms. The minimum absolute atomic E-state index is 0.0155. The number of ether oxygens (including phenoxy) is 1. The molecule has 0 saturated heterocycles. The van der Waals surface area contributed by atoms with Gasteiger partial charge in [0.05, 0.1) is 17.1 Å². The summed E-state index contributed by atoms with van der Waals surface area (Å²) >= 11 is 15.7. The normalized spacial score (nSPS) is 11.7. The van der Waals surface area contributed by atoms with Crippen LogP contribution in [0.1, 0.15) is 48.1 Å². The van der Waals surface area contributed by atoms with Crippen LogP contribution in [-0.4, -0.2) is 20.4 Å². The van der Waals surface area contributed by atoms with Crippen LogP contribution >= 0.6 is 39.1 Å². The Morgan fingerprint density at radius 3 is 2.48 bits per heavy atom. The van der Waals surface area contributed by atoms with Crippen molar-refractivity contribution in [2.75, 3.05) is 0 Å². The van der Waals surface area contributed by atoms with Gasteiger partial charge >= 0.3 is 0 Å². The Balaban J connectivity index is 1.41. The topological polar surface area (TPSA) is 61.4 Å². The zero-order valence-corrected chi connectivity index (χ0v) is 25.5. The van der Waals surface area contributed by atoms with Crippen LogP contribution in [0.2, 0.25) is 10.0 Å². The average Bonchev–Trinajstić information content (AvgIpc) is 3.20. The number of benzene rings is 3. The molecule has 3 aromatic carbocycles. The Bertz CT molecular complexity index is 1810. The maximum atomic E-state index is 13.4. The number of halogens is 3. The maximum Gasteiger partial charge on any atom is 0.282 e. The molecular formula is C31H27BrCl2N4O2. The molecule has 9 heteroatoms. The smallest absolute Gasteiger partial charge is 0.282 e. The summed E-state index contributed by atoms with van der Waals surface area (Å²) in [5, 5.41) is 6.30. The number of hydrogen-bond donors (Lipinski definition) is 0. The minimum atomic E-state index is -0.199. The van der Waals surface area contributed by atoms with Crippen molar-refractivity contribution in [3.8, 4) is 11.4 Å². The van der Waals surface area contributed by atoms with Crippen LogP contribution < -0.4 is 10.3 Å². The molecular weight excluding hydrogens is 611 g/mol. The van der Waals surface area contributed by atoms with Crippen LogP contribution in [0.3, 0.4) is 0 Å². The van der Waals surface area contributed by atoms with E-state index in [9.17, 15) is 4.79 Å². The van der Waals surface area contributed by atoms with Crippen LogP contribution in [0.15, 0.2) is 81.1 Å². The van der Waals surface area contributed by atoms with E-state index in [0.717, 1.165) is 38.4 Å². The van der Waals surface area contributed by atoms with Gasteiger partial charge in [0, 0.05) is 48.6 Å². The van der Waals surface area contributed by atoms with E-state index >= 15 is 0 Å². The Hall–Kier alpha value is -3.39. The van der Waals surface area contributed by atoms with Gasteiger partial charge in [0.2, 0.25) is 0 Å². The van der Waals surface area contributed by atoms with Crippen molar-refractivity contribution in [3.05, 3.63) is 120 Å². The highest BCUT2D eigenvalue weighted by Gasteiger charge is 2.15. The number of hydrogen-bond acceptors (Lipinski definition) is 4. The van der Waals surface area contributed by atoms with Gasteiger partial charge < -0.3 is 9.30 Å². The van der Waals surface area contributed by atoms with E-state index < -0.39 is 0 Å². The van der Waals surface area contributed by atoms with Crippen molar-refractivity contribution < 1.29 is 4.74 Å². The summed E-state index contributed by atoms with van der Waals surface area (Å²) in [6.07, 6.45) is 1.73. The lowest BCUT2D eigenvalue weighted by Gasteiger charge is -2.12. The highest BCUT2D eigenvalue weighted by Crippen LogP contribution is 2.25. The van der Waals surface area contributed by atoms with Gasteiger partial charge in [-0.3, -0.25) is 4.79 Å². The third-order valence-electron chi connectivity index (χ3n) is 6.64. The third-order valence-corrected chi connectivity index (χ3v) is 7.72. The number of rotatable bonds is 7. The van der Waals surface area contributed by atoms with E-state index in [1.165, 1.54) is 4.68 Å². The lowest BCUT2D eigenvalue weighted by atomic mass is 10.2.